The number of hydrogen-bond donors (Lipinski definition) is 3. The summed E-state index contributed by atoms with van der Waals surface area (Å²) in [6.07, 6.45) is 4.75. The highest BCUT2D eigenvalue weighted by Crippen LogP contribution is 2.35. The zero-order valence-corrected chi connectivity index (χ0v) is 15.2. The minimum Gasteiger partial charge on any atom is -0.508 e. The Morgan fingerprint density at radius 1 is 1.00 bits per heavy atom. The van der Waals surface area contributed by atoms with Crippen LogP contribution in [0.1, 0.15) is 37.0 Å². The normalized spacial score (nSPS) is 11.8. The summed E-state index contributed by atoms with van der Waals surface area (Å²) in [6, 6.07) is 10.6. The van der Waals surface area contributed by atoms with Crippen molar-refractivity contribution in [2.24, 2.45) is 0 Å². The summed E-state index contributed by atoms with van der Waals surface area (Å²) in [7, 11) is 1.68. The first kappa shape index (κ1) is 18.3. The molecule has 24 heavy (non-hydrogen) atoms. The summed E-state index contributed by atoms with van der Waals surface area (Å²) >= 11 is 4.36. The number of benzene rings is 2. The maximum absolute atomic E-state index is 9.55. The molecule has 0 radical (unpaired) electrons. The number of phenols is 2. The molecule has 2 aromatic carbocycles. The Morgan fingerprint density at radius 3 is 2.21 bits per heavy atom. The first-order valence-corrected chi connectivity index (χ1v) is 8.49. The van der Waals surface area contributed by atoms with E-state index in [1.165, 1.54) is 6.07 Å². The van der Waals surface area contributed by atoms with Crippen molar-refractivity contribution in [3.63, 3.8) is 0 Å². The summed E-state index contributed by atoms with van der Waals surface area (Å²) in [5.74, 6) is 1.76. The second kappa shape index (κ2) is 7.67. The summed E-state index contributed by atoms with van der Waals surface area (Å²) in [5.41, 5.74) is 2.86. The molecule has 128 valence electrons. The van der Waals surface area contributed by atoms with Crippen molar-refractivity contribution in [1.82, 2.24) is 0 Å². The van der Waals surface area contributed by atoms with Gasteiger partial charge in [0.05, 0.1) is 7.11 Å². The lowest BCUT2D eigenvalue weighted by molar-refractivity contribution is 0.390. The molecule has 0 aliphatic rings. The largest absolute Gasteiger partial charge is 0.508 e. The molecule has 0 fully saturated rings. The molecule has 0 spiro atoms. The number of hydrogen-bond acceptors (Lipinski definition) is 4. The van der Waals surface area contributed by atoms with Gasteiger partial charge in [0.15, 0.2) is 0 Å². The number of phenolic OH excluding ortho intramolecular Hbond substituents is 2. The van der Waals surface area contributed by atoms with Gasteiger partial charge in [-0.2, -0.15) is 12.6 Å². The van der Waals surface area contributed by atoms with Crippen molar-refractivity contribution in [1.29, 1.82) is 0 Å². The van der Waals surface area contributed by atoms with Crippen molar-refractivity contribution in [2.45, 2.75) is 25.7 Å². The van der Waals surface area contributed by atoms with Gasteiger partial charge in [-0.1, -0.05) is 32.1 Å². The summed E-state index contributed by atoms with van der Waals surface area (Å²) in [4.78, 5) is 0. The van der Waals surface area contributed by atoms with E-state index in [4.69, 9.17) is 4.74 Å². The molecule has 0 heterocycles. The first-order valence-electron chi connectivity index (χ1n) is 7.86. The van der Waals surface area contributed by atoms with E-state index in [9.17, 15) is 10.2 Å². The van der Waals surface area contributed by atoms with E-state index in [-0.39, 0.29) is 16.9 Å². The van der Waals surface area contributed by atoms with E-state index in [0.29, 0.717) is 0 Å². The Kier molecular flexibility index (Phi) is 5.84. The Hall–Kier alpha value is -2.07. The number of ether oxygens (including phenoxy) is 1. The van der Waals surface area contributed by atoms with E-state index in [1.807, 2.05) is 24.3 Å². The molecule has 2 N–H and O–H groups in total. The molecule has 0 saturated carbocycles. The smallest absolute Gasteiger partial charge is 0.122 e. The van der Waals surface area contributed by atoms with Gasteiger partial charge in [-0.15, -0.1) is 0 Å². The van der Waals surface area contributed by atoms with E-state index in [1.54, 1.807) is 19.2 Å². The second-order valence-electron chi connectivity index (χ2n) is 6.43. The SMILES string of the molecule is COc1ccc(/C=C/c2cc(O)cc(O)c2)cc1C(C)(C)CCS. The third-order valence-electron chi connectivity index (χ3n) is 4.08. The summed E-state index contributed by atoms with van der Waals surface area (Å²) in [6.45, 7) is 4.36. The lowest BCUT2D eigenvalue weighted by atomic mass is 9.81. The highest BCUT2D eigenvalue weighted by molar-refractivity contribution is 7.80. The van der Waals surface area contributed by atoms with Crippen molar-refractivity contribution < 1.29 is 14.9 Å². The van der Waals surface area contributed by atoms with Gasteiger partial charge in [-0.3, -0.25) is 0 Å². The van der Waals surface area contributed by atoms with Crippen LogP contribution in [-0.4, -0.2) is 23.1 Å². The summed E-state index contributed by atoms with van der Waals surface area (Å²) < 4.78 is 5.51. The van der Waals surface area contributed by atoms with Gasteiger partial charge < -0.3 is 14.9 Å². The zero-order chi connectivity index (χ0) is 17.7. The molecule has 2 rings (SSSR count). The Balaban J connectivity index is 2.36. The van der Waals surface area contributed by atoms with Crippen LogP contribution < -0.4 is 4.74 Å². The molecule has 4 heteroatoms. The van der Waals surface area contributed by atoms with Crippen LogP contribution in [-0.2, 0) is 5.41 Å². The van der Waals surface area contributed by atoms with Crippen LogP contribution in [0, 0.1) is 0 Å². The predicted octanol–water partition coefficient (Wildman–Crippen LogP) is 4.87. The van der Waals surface area contributed by atoms with Crippen LogP contribution in [0.3, 0.4) is 0 Å². The molecule has 0 saturated heterocycles. The summed E-state index contributed by atoms with van der Waals surface area (Å²) in [5, 5.41) is 19.1. The third-order valence-corrected chi connectivity index (χ3v) is 4.31. The molecule has 3 nitrogen and oxygen atoms in total. The molecule has 0 aliphatic heterocycles. The fourth-order valence-corrected chi connectivity index (χ4v) is 3.24. The highest BCUT2D eigenvalue weighted by atomic mass is 32.1. The predicted molar refractivity (Wildman–Crippen MR) is 103 cm³/mol. The van der Waals surface area contributed by atoms with Crippen molar-refractivity contribution in [3.05, 3.63) is 53.1 Å². The van der Waals surface area contributed by atoms with Gasteiger partial charge in [-0.05, 0) is 53.0 Å². The van der Waals surface area contributed by atoms with Gasteiger partial charge in [0.1, 0.15) is 17.2 Å². The van der Waals surface area contributed by atoms with Crippen LogP contribution in [0.2, 0.25) is 0 Å². The lowest BCUT2D eigenvalue weighted by Crippen LogP contribution is -2.19. The van der Waals surface area contributed by atoms with Crippen molar-refractivity contribution in [2.75, 3.05) is 12.9 Å². The molecule has 0 bridgehead atoms. The zero-order valence-electron chi connectivity index (χ0n) is 14.3. The number of rotatable bonds is 6. The average Bonchev–Trinajstić information content (AvgIpc) is 2.51. The molecule has 0 aliphatic carbocycles. The Morgan fingerprint density at radius 2 is 1.62 bits per heavy atom. The van der Waals surface area contributed by atoms with Gasteiger partial charge in [-0.25, -0.2) is 0 Å². The number of thiol groups is 1. The maximum atomic E-state index is 9.55. The first-order chi connectivity index (χ1) is 11.4. The highest BCUT2D eigenvalue weighted by Gasteiger charge is 2.23. The monoisotopic (exact) mass is 344 g/mol. The molecule has 0 amide bonds. The van der Waals surface area contributed by atoms with Crippen LogP contribution in [0.5, 0.6) is 17.2 Å². The molecule has 0 aromatic heterocycles. The quantitative estimate of drug-likeness (QED) is 0.517. The fraction of sp³-hybridized carbons (Fsp3) is 0.300. The van der Waals surface area contributed by atoms with Gasteiger partial charge in [0.25, 0.3) is 0 Å². The van der Waals surface area contributed by atoms with E-state index < -0.39 is 0 Å². The lowest BCUT2D eigenvalue weighted by Gasteiger charge is -2.27. The fourth-order valence-electron chi connectivity index (χ4n) is 2.68. The van der Waals surface area contributed by atoms with Crippen LogP contribution >= 0.6 is 12.6 Å². The van der Waals surface area contributed by atoms with E-state index in [0.717, 1.165) is 34.6 Å². The second-order valence-corrected chi connectivity index (χ2v) is 6.88. The molecular weight excluding hydrogens is 320 g/mol. The molecule has 2 aromatic rings. The number of methoxy groups -OCH3 is 1. The third kappa shape index (κ3) is 4.48. The van der Waals surface area contributed by atoms with Crippen molar-refractivity contribution in [3.8, 4) is 17.2 Å². The topological polar surface area (TPSA) is 49.7 Å². The molecule has 0 unspecified atom stereocenters. The molecule has 0 atom stereocenters. The van der Waals surface area contributed by atoms with E-state index >= 15 is 0 Å². The average molecular weight is 344 g/mol. The number of aromatic hydroxyl groups is 2. The van der Waals surface area contributed by atoms with Crippen LogP contribution in [0.25, 0.3) is 12.2 Å². The van der Waals surface area contributed by atoms with Crippen LogP contribution in [0.15, 0.2) is 36.4 Å². The van der Waals surface area contributed by atoms with Crippen LogP contribution in [0.4, 0.5) is 0 Å². The van der Waals surface area contributed by atoms with Gasteiger partial charge in [0.2, 0.25) is 0 Å². The van der Waals surface area contributed by atoms with Gasteiger partial charge in [0, 0.05) is 11.6 Å². The Bertz CT molecular complexity index is 715. The standard InChI is InChI=1S/C20H24O3S/c1-20(2,8-9-24)18-12-14(6-7-19(18)23-3)4-5-15-10-16(21)13-17(22)11-15/h4-7,10-13,21-22,24H,8-9H2,1-3H3/b5-4+. The minimum absolute atomic E-state index is 0.0414. The molecular formula is C20H24O3S. The Labute approximate surface area is 149 Å². The van der Waals surface area contributed by atoms with Crippen molar-refractivity contribution >= 4 is 24.8 Å². The van der Waals surface area contributed by atoms with Gasteiger partial charge >= 0.3 is 0 Å². The van der Waals surface area contributed by atoms with E-state index in [2.05, 4.69) is 32.5 Å². The minimum atomic E-state index is -0.0414. The maximum Gasteiger partial charge on any atom is 0.122 e.